The van der Waals surface area contributed by atoms with Crippen molar-refractivity contribution in [2.24, 2.45) is 11.8 Å². The fourth-order valence-corrected chi connectivity index (χ4v) is 6.78. The summed E-state index contributed by atoms with van der Waals surface area (Å²) in [5, 5.41) is 11.8. The quantitative estimate of drug-likeness (QED) is 0.181. The number of hydrogen-bond donors (Lipinski definition) is 1. The van der Waals surface area contributed by atoms with Gasteiger partial charge in [-0.25, -0.2) is 8.78 Å². The third kappa shape index (κ3) is 9.95. The van der Waals surface area contributed by atoms with E-state index in [2.05, 4.69) is 0 Å². The van der Waals surface area contributed by atoms with Crippen LogP contribution in [0.25, 0.3) is 0 Å². The first-order valence-corrected chi connectivity index (χ1v) is 17.0. The van der Waals surface area contributed by atoms with Crippen molar-refractivity contribution in [1.29, 1.82) is 0 Å². The number of nitrogens with zero attached hydrogens (tertiary/aromatic N) is 2. The predicted molar refractivity (Wildman–Crippen MR) is 182 cm³/mol. The molecule has 1 fully saturated rings. The van der Waals surface area contributed by atoms with E-state index in [1.807, 2.05) is 45.0 Å². The van der Waals surface area contributed by atoms with Crippen molar-refractivity contribution >= 4 is 17.6 Å². The monoisotopic (exact) mass is 662 g/mol. The number of carbonyl (C=O) groups is 3. The second kappa shape index (κ2) is 17.3. The van der Waals surface area contributed by atoms with Gasteiger partial charge in [-0.2, -0.15) is 0 Å². The number of aliphatic hydroxyl groups excluding tert-OH is 1. The van der Waals surface area contributed by atoms with E-state index in [0.29, 0.717) is 61.5 Å². The van der Waals surface area contributed by atoms with Gasteiger partial charge in [0.25, 0.3) is 5.91 Å². The van der Waals surface area contributed by atoms with Crippen molar-refractivity contribution < 1.29 is 33.0 Å². The normalized spacial score (nSPS) is 15.9. The summed E-state index contributed by atoms with van der Waals surface area (Å²) in [5.74, 6) is -2.31. The number of carbonyl (C=O) groups excluding carboxylic acids is 3. The molecule has 3 aromatic carbocycles. The van der Waals surface area contributed by atoms with Crippen LogP contribution in [0, 0.1) is 30.4 Å². The molecule has 2 amide bonds. The van der Waals surface area contributed by atoms with Gasteiger partial charge in [0.1, 0.15) is 17.4 Å². The number of piperidine rings is 1. The molecular formula is C39H48F2N2O5. The van der Waals surface area contributed by atoms with Gasteiger partial charge in [-0.15, -0.1) is 0 Å². The van der Waals surface area contributed by atoms with Crippen LogP contribution in [0.4, 0.5) is 8.78 Å². The van der Waals surface area contributed by atoms with E-state index in [9.17, 15) is 28.3 Å². The summed E-state index contributed by atoms with van der Waals surface area (Å²) < 4.78 is 33.7. The third-order valence-corrected chi connectivity index (χ3v) is 9.05. The van der Waals surface area contributed by atoms with E-state index in [-0.39, 0.29) is 42.8 Å². The fourth-order valence-electron chi connectivity index (χ4n) is 6.78. The first-order chi connectivity index (χ1) is 23.0. The van der Waals surface area contributed by atoms with E-state index in [4.69, 9.17) is 4.74 Å². The minimum atomic E-state index is -1.02. The number of ether oxygens (including phenoxy) is 1. The Labute approximate surface area is 282 Å². The lowest BCUT2D eigenvalue weighted by molar-refractivity contribution is -0.133. The molecule has 0 aliphatic carbocycles. The maximum atomic E-state index is 14.2. The maximum absolute atomic E-state index is 14.2. The second-order valence-corrected chi connectivity index (χ2v) is 13.0. The number of likely N-dealkylation sites (tertiary alicyclic amines) is 1. The molecule has 0 radical (unpaired) electrons. The molecule has 0 bridgehead atoms. The number of ketones is 1. The van der Waals surface area contributed by atoms with Gasteiger partial charge in [0.15, 0.2) is 5.78 Å². The molecule has 1 saturated heterocycles. The highest BCUT2D eigenvalue weighted by molar-refractivity contribution is 6.01. The first kappa shape index (κ1) is 36.7. The number of aryl methyl sites for hydroxylation is 1. The Morgan fingerprint density at radius 2 is 1.65 bits per heavy atom. The molecule has 0 spiro atoms. The average Bonchev–Trinajstić information content (AvgIpc) is 3.06. The van der Waals surface area contributed by atoms with Crippen LogP contribution in [0.2, 0.25) is 0 Å². The predicted octanol–water partition coefficient (Wildman–Crippen LogP) is 6.82. The Kier molecular flexibility index (Phi) is 13.3. The third-order valence-electron chi connectivity index (χ3n) is 9.05. The molecule has 1 N–H and O–H groups in total. The van der Waals surface area contributed by atoms with Crippen molar-refractivity contribution in [2.45, 2.75) is 71.8 Å². The molecule has 3 aromatic rings. The lowest BCUT2D eigenvalue weighted by Gasteiger charge is -2.38. The lowest BCUT2D eigenvalue weighted by Crippen LogP contribution is -2.46. The summed E-state index contributed by atoms with van der Waals surface area (Å²) in [7, 11) is 1.57. The standard InChI is InChI=1S/C39H48F2N2O5/c1-5-12-42(13-6-2)39(47)32-16-26(3)15-30(22-32)36(44)23-31(17-28-18-33(40)24-34(41)19-28)38(46)29-10-8-14-43(25-29)37(45)21-27-9-7-11-35(20-27)48-4/h7,9,11,15-16,18-20,22,24,29,31,38,46H,5-6,8,10,12-14,17,21,23,25H2,1-4H3/t29?,31?,38-/m1/s1. The Morgan fingerprint density at radius 1 is 0.958 bits per heavy atom. The molecule has 48 heavy (non-hydrogen) atoms. The van der Waals surface area contributed by atoms with E-state index < -0.39 is 23.7 Å². The highest BCUT2D eigenvalue weighted by atomic mass is 19.1. The molecule has 4 rings (SSSR count). The fraction of sp³-hybridized carbons (Fsp3) is 0.462. The summed E-state index contributed by atoms with van der Waals surface area (Å²) in [6, 6.07) is 15.7. The van der Waals surface area contributed by atoms with Gasteiger partial charge in [-0.3, -0.25) is 14.4 Å². The van der Waals surface area contributed by atoms with Crippen LogP contribution < -0.4 is 4.74 Å². The van der Waals surface area contributed by atoms with Gasteiger partial charge in [0, 0.05) is 55.7 Å². The molecule has 7 nitrogen and oxygen atoms in total. The zero-order valence-electron chi connectivity index (χ0n) is 28.5. The zero-order chi connectivity index (χ0) is 34.8. The number of amides is 2. The molecule has 1 aliphatic heterocycles. The van der Waals surface area contributed by atoms with Gasteiger partial charge in [0.05, 0.1) is 19.6 Å². The molecule has 1 aliphatic rings. The van der Waals surface area contributed by atoms with E-state index in [1.54, 1.807) is 35.1 Å². The van der Waals surface area contributed by atoms with Gasteiger partial charge in [-0.1, -0.05) is 26.0 Å². The molecule has 3 atom stereocenters. The van der Waals surface area contributed by atoms with Gasteiger partial charge in [0.2, 0.25) is 5.91 Å². The van der Waals surface area contributed by atoms with Crippen LogP contribution in [0.1, 0.15) is 83.4 Å². The Balaban J connectivity index is 1.56. The minimum Gasteiger partial charge on any atom is -0.497 e. The summed E-state index contributed by atoms with van der Waals surface area (Å²) >= 11 is 0. The van der Waals surface area contributed by atoms with Crippen LogP contribution in [-0.2, 0) is 17.6 Å². The Hall–Kier alpha value is -4.11. The maximum Gasteiger partial charge on any atom is 0.253 e. The van der Waals surface area contributed by atoms with Crippen molar-refractivity contribution in [1.82, 2.24) is 9.80 Å². The lowest BCUT2D eigenvalue weighted by atomic mass is 9.79. The topological polar surface area (TPSA) is 87.2 Å². The minimum absolute atomic E-state index is 0.0637. The summed E-state index contributed by atoms with van der Waals surface area (Å²) in [6.07, 6.45) is 2.07. The zero-order valence-corrected chi connectivity index (χ0v) is 28.5. The van der Waals surface area contributed by atoms with Crippen LogP contribution in [0.5, 0.6) is 5.75 Å². The van der Waals surface area contributed by atoms with Crippen LogP contribution in [0.3, 0.4) is 0 Å². The largest absolute Gasteiger partial charge is 0.497 e. The number of aliphatic hydroxyl groups is 1. The smallest absolute Gasteiger partial charge is 0.253 e. The van der Waals surface area contributed by atoms with Crippen LogP contribution in [-0.4, -0.2) is 71.9 Å². The van der Waals surface area contributed by atoms with E-state index >= 15 is 0 Å². The molecule has 2 unspecified atom stereocenters. The second-order valence-electron chi connectivity index (χ2n) is 13.0. The number of rotatable bonds is 15. The van der Waals surface area contributed by atoms with E-state index in [1.165, 1.54) is 12.1 Å². The van der Waals surface area contributed by atoms with E-state index in [0.717, 1.165) is 30.0 Å². The number of halogens is 2. The summed E-state index contributed by atoms with van der Waals surface area (Å²) in [5.41, 5.74) is 2.71. The number of Topliss-reactive ketones (excluding diaryl/α,β-unsaturated/α-hetero) is 1. The summed E-state index contributed by atoms with van der Waals surface area (Å²) in [6.45, 7) is 7.94. The van der Waals surface area contributed by atoms with Crippen molar-refractivity contribution in [2.75, 3.05) is 33.3 Å². The van der Waals surface area contributed by atoms with Crippen molar-refractivity contribution in [3.05, 3.63) is 100 Å². The highest BCUT2D eigenvalue weighted by Gasteiger charge is 2.34. The summed E-state index contributed by atoms with van der Waals surface area (Å²) in [4.78, 5) is 44.1. The van der Waals surface area contributed by atoms with Crippen LogP contribution >= 0.6 is 0 Å². The molecular weight excluding hydrogens is 614 g/mol. The Morgan fingerprint density at radius 3 is 2.31 bits per heavy atom. The molecule has 1 heterocycles. The molecule has 0 saturated carbocycles. The SMILES string of the molecule is CCCN(CCC)C(=O)c1cc(C)cc(C(=O)CC(Cc2cc(F)cc(F)c2)[C@H](O)C2CCCN(C(=O)Cc3cccc(OC)c3)C2)c1. The molecule has 9 heteroatoms. The van der Waals surface area contributed by atoms with Gasteiger partial charge < -0.3 is 19.6 Å². The van der Waals surface area contributed by atoms with Crippen LogP contribution in [0.15, 0.2) is 60.7 Å². The first-order valence-electron chi connectivity index (χ1n) is 17.0. The number of methoxy groups -OCH3 is 1. The average molecular weight is 663 g/mol. The molecule has 0 aromatic heterocycles. The van der Waals surface area contributed by atoms with Gasteiger partial charge >= 0.3 is 0 Å². The highest BCUT2D eigenvalue weighted by Crippen LogP contribution is 2.30. The Bertz CT molecular complexity index is 1550. The van der Waals surface area contributed by atoms with Crippen molar-refractivity contribution in [3.8, 4) is 5.75 Å². The van der Waals surface area contributed by atoms with Gasteiger partial charge in [-0.05, 0) is 104 Å². The number of benzene rings is 3. The molecule has 258 valence electrons. The van der Waals surface area contributed by atoms with Crippen molar-refractivity contribution in [3.63, 3.8) is 0 Å². The number of hydrogen-bond acceptors (Lipinski definition) is 5.